The smallest absolute Gasteiger partial charge is 0.167 e. The summed E-state index contributed by atoms with van der Waals surface area (Å²) in [7, 11) is 0. The Bertz CT molecular complexity index is 816. The molecule has 1 aliphatic heterocycles. The van der Waals surface area contributed by atoms with Gasteiger partial charge < -0.3 is 14.9 Å². The van der Waals surface area contributed by atoms with Crippen molar-refractivity contribution in [2.75, 3.05) is 6.61 Å². The van der Waals surface area contributed by atoms with E-state index in [1.165, 1.54) is 0 Å². The molecule has 21 heavy (non-hydrogen) atoms. The van der Waals surface area contributed by atoms with Crippen molar-refractivity contribution in [2.45, 2.75) is 24.9 Å². The van der Waals surface area contributed by atoms with E-state index in [0.717, 1.165) is 11.0 Å². The van der Waals surface area contributed by atoms with E-state index in [4.69, 9.17) is 4.74 Å². The van der Waals surface area contributed by atoms with Gasteiger partial charge in [0, 0.05) is 18.8 Å². The molecule has 1 fully saturated rings. The number of hydrogen-bond donors (Lipinski definition) is 2. The standard InChI is InChI=1S/C12H12BrN5O3/c13-10-9-11-14-1-2-17(11)5-15-12(9)18(16-10)8-3-6(20)7(4-19)21-8/h1-2,5-8,19-20H,3-4H2/t6-,7+,8+/m0/s1. The molecule has 1 saturated heterocycles. The van der Waals surface area contributed by atoms with Crippen LogP contribution in [-0.4, -0.2) is 53.2 Å². The van der Waals surface area contributed by atoms with Gasteiger partial charge in [0.2, 0.25) is 0 Å². The summed E-state index contributed by atoms with van der Waals surface area (Å²) in [5.41, 5.74) is 1.37. The van der Waals surface area contributed by atoms with Crippen LogP contribution in [-0.2, 0) is 4.74 Å². The topological polar surface area (TPSA) is 97.7 Å². The molecule has 0 bridgehead atoms. The van der Waals surface area contributed by atoms with E-state index in [-0.39, 0.29) is 6.61 Å². The lowest BCUT2D eigenvalue weighted by Crippen LogP contribution is -2.24. The van der Waals surface area contributed by atoms with Crippen LogP contribution in [0.5, 0.6) is 0 Å². The first-order valence-electron chi connectivity index (χ1n) is 6.49. The number of ether oxygens (including phenoxy) is 1. The first-order chi connectivity index (χ1) is 10.2. The summed E-state index contributed by atoms with van der Waals surface area (Å²) in [6.07, 6.45) is 3.74. The first kappa shape index (κ1) is 13.1. The van der Waals surface area contributed by atoms with E-state index >= 15 is 0 Å². The highest BCUT2D eigenvalue weighted by molar-refractivity contribution is 9.10. The lowest BCUT2D eigenvalue weighted by atomic mass is 10.2. The molecule has 3 atom stereocenters. The third-order valence-electron chi connectivity index (χ3n) is 3.70. The number of imidazole rings is 1. The summed E-state index contributed by atoms with van der Waals surface area (Å²) >= 11 is 3.43. The summed E-state index contributed by atoms with van der Waals surface area (Å²) in [4.78, 5) is 8.70. The summed E-state index contributed by atoms with van der Waals surface area (Å²) < 4.78 is 9.68. The lowest BCUT2D eigenvalue weighted by Gasteiger charge is -2.12. The Morgan fingerprint density at radius 2 is 2.24 bits per heavy atom. The van der Waals surface area contributed by atoms with Crippen LogP contribution in [0.1, 0.15) is 12.6 Å². The van der Waals surface area contributed by atoms with Crippen LogP contribution in [0.15, 0.2) is 23.3 Å². The van der Waals surface area contributed by atoms with Crippen LogP contribution in [0.2, 0.25) is 0 Å². The molecule has 3 aromatic rings. The molecule has 0 aromatic carbocycles. The molecule has 0 radical (unpaired) electrons. The van der Waals surface area contributed by atoms with Crippen molar-refractivity contribution in [3.05, 3.63) is 23.3 Å². The predicted molar refractivity (Wildman–Crippen MR) is 75.6 cm³/mol. The van der Waals surface area contributed by atoms with Crippen molar-refractivity contribution >= 4 is 32.6 Å². The number of rotatable bonds is 2. The van der Waals surface area contributed by atoms with E-state index in [1.54, 1.807) is 21.6 Å². The molecule has 4 rings (SSSR count). The number of aliphatic hydroxyl groups is 2. The van der Waals surface area contributed by atoms with Crippen LogP contribution < -0.4 is 0 Å². The minimum absolute atomic E-state index is 0.226. The van der Waals surface area contributed by atoms with E-state index in [1.807, 2.05) is 6.20 Å². The molecule has 0 saturated carbocycles. The van der Waals surface area contributed by atoms with Gasteiger partial charge in [0.1, 0.15) is 17.0 Å². The zero-order valence-electron chi connectivity index (χ0n) is 10.8. The molecule has 9 heteroatoms. The average Bonchev–Trinajstić information content (AvgIpc) is 3.15. The van der Waals surface area contributed by atoms with Crippen LogP contribution in [0.4, 0.5) is 0 Å². The molecule has 1 aliphatic rings. The summed E-state index contributed by atoms with van der Waals surface area (Å²) in [6.45, 7) is -0.226. The van der Waals surface area contributed by atoms with Gasteiger partial charge in [0.25, 0.3) is 0 Å². The second kappa shape index (κ2) is 4.73. The molecule has 3 aromatic heterocycles. The Balaban J connectivity index is 1.87. The van der Waals surface area contributed by atoms with Gasteiger partial charge >= 0.3 is 0 Å². The van der Waals surface area contributed by atoms with Gasteiger partial charge in [0.15, 0.2) is 17.5 Å². The summed E-state index contributed by atoms with van der Waals surface area (Å²) in [6, 6.07) is 0. The number of nitrogens with zero attached hydrogens (tertiary/aromatic N) is 5. The third kappa shape index (κ3) is 1.89. The van der Waals surface area contributed by atoms with Crippen LogP contribution in [0.3, 0.4) is 0 Å². The normalized spacial score (nSPS) is 26.1. The van der Waals surface area contributed by atoms with Gasteiger partial charge in [-0.2, -0.15) is 5.10 Å². The number of fused-ring (bicyclic) bond motifs is 3. The van der Waals surface area contributed by atoms with Crippen LogP contribution >= 0.6 is 15.9 Å². The second-order valence-electron chi connectivity index (χ2n) is 4.95. The largest absolute Gasteiger partial charge is 0.394 e. The van der Waals surface area contributed by atoms with Crippen molar-refractivity contribution in [3.63, 3.8) is 0 Å². The molecular formula is C12H12BrN5O3. The van der Waals surface area contributed by atoms with Crippen molar-refractivity contribution in [3.8, 4) is 0 Å². The Morgan fingerprint density at radius 1 is 1.38 bits per heavy atom. The summed E-state index contributed by atoms with van der Waals surface area (Å²) in [5.74, 6) is 0. The minimum atomic E-state index is -0.715. The highest BCUT2D eigenvalue weighted by atomic mass is 79.9. The molecule has 0 amide bonds. The highest BCUT2D eigenvalue weighted by Crippen LogP contribution is 2.33. The zero-order valence-corrected chi connectivity index (χ0v) is 12.4. The fraction of sp³-hybridized carbons (Fsp3) is 0.417. The van der Waals surface area contributed by atoms with Crippen LogP contribution in [0.25, 0.3) is 16.7 Å². The molecule has 0 unspecified atom stereocenters. The Labute approximate surface area is 127 Å². The third-order valence-corrected chi connectivity index (χ3v) is 4.25. The predicted octanol–water partition coefficient (Wildman–Crippen LogP) is 0.482. The number of halogens is 1. The van der Waals surface area contributed by atoms with Gasteiger partial charge in [-0.25, -0.2) is 14.6 Å². The van der Waals surface area contributed by atoms with Crippen molar-refractivity contribution < 1.29 is 14.9 Å². The molecule has 110 valence electrons. The summed E-state index contributed by atoms with van der Waals surface area (Å²) in [5, 5.41) is 24.2. The Hall–Kier alpha value is -1.55. The van der Waals surface area contributed by atoms with Crippen molar-refractivity contribution in [1.82, 2.24) is 24.1 Å². The maximum atomic E-state index is 9.86. The quantitative estimate of drug-likeness (QED) is 0.695. The average molecular weight is 354 g/mol. The molecule has 0 aliphatic carbocycles. The van der Waals surface area contributed by atoms with E-state index in [9.17, 15) is 10.2 Å². The van der Waals surface area contributed by atoms with E-state index < -0.39 is 18.4 Å². The maximum absolute atomic E-state index is 9.86. The maximum Gasteiger partial charge on any atom is 0.167 e. The molecule has 0 spiro atoms. The fourth-order valence-corrected chi connectivity index (χ4v) is 3.19. The SMILES string of the molecule is OC[C@H]1O[C@@H](n2nc(Br)c3c2ncn2ccnc32)C[C@@H]1O. The molecule has 2 N–H and O–H groups in total. The minimum Gasteiger partial charge on any atom is -0.394 e. The monoisotopic (exact) mass is 353 g/mol. The van der Waals surface area contributed by atoms with Crippen molar-refractivity contribution in [2.24, 2.45) is 0 Å². The van der Waals surface area contributed by atoms with Gasteiger partial charge in [-0.15, -0.1) is 0 Å². The Kier molecular flexibility index (Phi) is 2.96. The van der Waals surface area contributed by atoms with Gasteiger partial charge in [0.05, 0.1) is 18.1 Å². The molecular weight excluding hydrogens is 342 g/mol. The number of aromatic nitrogens is 5. The van der Waals surface area contributed by atoms with E-state index in [0.29, 0.717) is 16.7 Å². The highest BCUT2D eigenvalue weighted by Gasteiger charge is 2.36. The van der Waals surface area contributed by atoms with Gasteiger partial charge in [-0.05, 0) is 15.9 Å². The second-order valence-corrected chi connectivity index (χ2v) is 5.70. The molecule has 4 heterocycles. The first-order valence-corrected chi connectivity index (χ1v) is 7.28. The lowest BCUT2D eigenvalue weighted by molar-refractivity contribution is -0.0471. The van der Waals surface area contributed by atoms with Crippen LogP contribution in [0, 0.1) is 0 Å². The molecule has 8 nitrogen and oxygen atoms in total. The fourth-order valence-electron chi connectivity index (χ4n) is 2.66. The number of aliphatic hydroxyl groups excluding tert-OH is 2. The van der Waals surface area contributed by atoms with Gasteiger partial charge in [-0.3, -0.25) is 4.40 Å². The zero-order chi connectivity index (χ0) is 14.6. The Morgan fingerprint density at radius 3 is 3.00 bits per heavy atom. The van der Waals surface area contributed by atoms with E-state index in [2.05, 4.69) is 31.0 Å². The van der Waals surface area contributed by atoms with Crippen molar-refractivity contribution in [1.29, 1.82) is 0 Å². The number of hydrogen-bond acceptors (Lipinski definition) is 6. The van der Waals surface area contributed by atoms with Gasteiger partial charge in [-0.1, -0.05) is 0 Å².